The lowest BCUT2D eigenvalue weighted by Gasteiger charge is -2.30. The fraction of sp³-hybridized carbons (Fsp3) is 0.893. The summed E-state index contributed by atoms with van der Waals surface area (Å²) in [5.41, 5.74) is 0. The maximum Gasteiger partial charge on any atom is 0.310 e. The lowest BCUT2D eigenvalue weighted by atomic mass is 9.94. The Kier molecular flexibility index (Phi) is 14.3. The van der Waals surface area contributed by atoms with Crippen LogP contribution in [0.1, 0.15) is 122 Å². The van der Waals surface area contributed by atoms with Gasteiger partial charge in [0, 0.05) is 38.5 Å². The van der Waals surface area contributed by atoms with Crippen LogP contribution in [0.25, 0.3) is 0 Å². The van der Waals surface area contributed by atoms with E-state index in [9.17, 15) is 14.4 Å². The van der Waals surface area contributed by atoms with Crippen LogP contribution >= 0.6 is 0 Å². The van der Waals surface area contributed by atoms with Gasteiger partial charge in [-0.3, -0.25) is 14.4 Å². The van der Waals surface area contributed by atoms with Crippen molar-refractivity contribution in [2.75, 3.05) is 26.7 Å². The van der Waals surface area contributed by atoms with Gasteiger partial charge < -0.3 is 14.5 Å². The van der Waals surface area contributed by atoms with E-state index in [1.807, 2.05) is 4.90 Å². The fourth-order valence-corrected chi connectivity index (χ4v) is 5.55. The van der Waals surface area contributed by atoms with Crippen LogP contribution in [-0.2, 0) is 19.1 Å². The first-order valence-corrected chi connectivity index (χ1v) is 14.2. The Hall–Kier alpha value is -1.59. The minimum Gasteiger partial charge on any atom is -0.469 e. The number of likely N-dealkylation sites (tertiary alicyclic amines) is 2. The Morgan fingerprint density at radius 2 is 1.47 bits per heavy atom. The van der Waals surface area contributed by atoms with Crippen molar-refractivity contribution in [3.05, 3.63) is 0 Å². The zero-order valence-corrected chi connectivity index (χ0v) is 22.0. The number of unbranched alkanes of at least 4 members (excludes halogenated alkanes) is 9. The molecule has 0 spiro atoms. The first kappa shape index (κ1) is 28.6. The fourth-order valence-electron chi connectivity index (χ4n) is 5.55. The van der Waals surface area contributed by atoms with Crippen LogP contribution in [0, 0.1) is 5.92 Å². The van der Waals surface area contributed by atoms with Crippen molar-refractivity contribution in [3.8, 4) is 0 Å². The summed E-state index contributed by atoms with van der Waals surface area (Å²) in [7, 11) is 1.39. The molecular formula is C28H50N2O4. The first-order valence-electron chi connectivity index (χ1n) is 14.2. The van der Waals surface area contributed by atoms with Gasteiger partial charge in [0.05, 0.1) is 13.0 Å². The first-order chi connectivity index (χ1) is 16.6. The second-order valence-corrected chi connectivity index (χ2v) is 10.4. The quantitative estimate of drug-likeness (QED) is 0.245. The molecule has 1 saturated carbocycles. The van der Waals surface area contributed by atoms with Gasteiger partial charge in [0.15, 0.2) is 0 Å². The molecule has 6 nitrogen and oxygen atoms in total. The molecule has 0 aromatic carbocycles. The number of esters is 1. The maximum atomic E-state index is 11.8. The third-order valence-corrected chi connectivity index (χ3v) is 7.66. The third kappa shape index (κ3) is 10.4. The van der Waals surface area contributed by atoms with Gasteiger partial charge in [-0.15, -0.1) is 0 Å². The van der Waals surface area contributed by atoms with Crippen LogP contribution in [0.2, 0.25) is 0 Å². The van der Waals surface area contributed by atoms with Gasteiger partial charge in [0.1, 0.15) is 0 Å². The Labute approximate surface area is 208 Å². The molecule has 3 fully saturated rings. The molecule has 196 valence electrons. The molecule has 34 heavy (non-hydrogen) atoms. The van der Waals surface area contributed by atoms with E-state index in [4.69, 9.17) is 4.74 Å². The number of nitrogens with zero attached hydrogens (tertiary/aromatic N) is 2. The number of hydrogen-bond acceptors (Lipinski definition) is 4. The highest BCUT2D eigenvalue weighted by molar-refractivity contribution is 5.86. The Morgan fingerprint density at radius 1 is 0.853 bits per heavy atom. The zero-order chi connectivity index (χ0) is 24.6. The van der Waals surface area contributed by atoms with E-state index in [2.05, 4.69) is 11.8 Å². The van der Waals surface area contributed by atoms with Crippen molar-refractivity contribution in [1.29, 1.82) is 0 Å². The highest BCUT2D eigenvalue weighted by Gasteiger charge is 2.34. The molecule has 3 aliphatic rings. The molecule has 6 heteroatoms. The van der Waals surface area contributed by atoms with Gasteiger partial charge >= 0.3 is 5.97 Å². The second-order valence-electron chi connectivity index (χ2n) is 10.4. The lowest BCUT2D eigenvalue weighted by Crippen LogP contribution is -2.37. The average Bonchev–Trinajstić information content (AvgIpc) is 3.46. The standard InChI is InChI=1S/C18H33NO3.C10H17NO/c1-3-4-5-6-7-8-9-10-11-12-13-19-15-16(14-17(19)20)18(21)22-2;12-10-7-4-8-11(10)9-5-2-1-3-6-9/h16H,3-15H2,1-2H3;9H,1-8H2. The summed E-state index contributed by atoms with van der Waals surface area (Å²) in [4.78, 5) is 38.6. The predicted molar refractivity (Wildman–Crippen MR) is 136 cm³/mol. The van der Waals surface area contributed by atoms with E-state index in [1.165, 1.54) is 97.0 Å². The van der Waals surface area contributed by atoms with Crippen LogP contribution in [0.5, 0.6) is 0 Å². The Balaban J connectivity index is 0.000000283. The van der Waals surface area contributed by atoms with Crippen LogP contribution < -0.4 is 0 Å². The molecule has 0 radical (unpaired) electrons. The highest BCUT2D eigenvalue weighted by Crippen LogP contribution is 2.26. The normalized spacial score (nSPS) is 21.1. The SMILES string of the molecule is CCCCCCCCCCCCN1CC(C(=O)OC)CC1=O.O=C1CCCN1C1CCCCC1. The zero-order valence-electron chi connectivity index (χ0n) is 22.0. The number of ether oxygens (including phenoxy) is 1. The summed E-state index contributed by atoms with van der Waals surface area (Å²) in [6.45, 7) is 4.62. The molecule has 0 aromatic heterocycles. The van der Waals surface area contributed by atoms with Crippen LogP contribution in [0.15, 0.2) is 0 Å². The molecule has 1 atom stereocenters. The molecule has 2 amide bonds. The molecule has 3 rings (SSSR count). The van der Waals surface area contributed by atoms with Gasteiger partial charge in [0.2, 0.25) is 11.8 Å². The van der Waals surface area contributed by atoms with Gasteiger partial charge in [0.25, 0.3) is 0 Å². The Morgan fingerprint density at radius 3 is 2.03 bits per heavy atom. The van der Waals surface area contributed by atoms with Crippen molar-refractivity contribution in [2.45, 2.75) is 129 Å². The van der Waals surface area contributed by atoms with Crippen LogP contribution in [-0.4, -0.2) is 60.4 Å². The summed E-state index contributed by atoms with van der Waals surface area (Å²) in [6.07, 6.45) is 21.7. The largest absolute Gasteiger partial charge is 0.469 e. The van der Waals surface area contributed by atoms with E-state index in [0.29, 0.717) is 24.9 Å². The number of carbonyl (C=O) groups is 3. The number of carbonyl (C=O) groups excluding carboxylic acids is 3. The van der Waals surface area contributed by atoms with Crippen molar-refractivity contribution in [3.63, 3.8) is 0 Å². The van der Waals surface area contributed by atoms with E-state index in [0.717, 1.165) is 32.4 Å². The second kappa shape index (κ2) is 16.9. The lowest BCUT2D eigenvalue weighted by molar-refractivity contribution is -0.145. The van der Waals surface area contributed by atoms with Gasteiger partial charge in [-0.05, 0) is 25.7 Å². The number of hydrogen-bond donors (Lipinski definition) is 0. The van der Waals surface area contributed by atoms with Crippen LogP contribution in [0.4, 0.5) is 0 Å². The molecule has 2 aliphatic heterocycles. The monoisotopic (exact) mass is 478 g/mol. The minimum absolute atomic E-state index is 0.103. The molecule has 2 heterocycles. The van der Waals surface area contributed by atoms with Crippen molar-refractivity contribution in [1.82, 2.24) is 9.80 Å². The van der Waals surface area contributed by atoms with E-state index in [-0.39, 0.29) is 17.8 Å². The van der Waals surface area contributed by atoms with Crippen LogP contribution in [0.3, 0.4) is 0 Å². The topological polar surface area (TPSA) is 66.9 Å². The van der Waals surface area contributed by atoms with Gasteiger partial charge in [-0.1, -0.05) is 84.0 Å². The van der Waals surface area contributed by atoms with Gasteiger partial charge in [-0.25, -0.2) is 0 Å². The number of methoxy groups -OCH3 is 1. The molecule has 1 unspecified atom stereocenters. The number of amides is 2. The summed E-state index contributed by atoms with van der Waals surface area (Å²) in [6, 6.07) is 0.605. The predicted octanol–water partition coefficient (Wildman–Crippen LogP) is 5.87. The summed E-state index contributed by atoms with van der Waals surface area (Å²) in [5, 5.41) is 0. The highest BCUT2D eigenvalue weighted by atomic mass is 16.5. The molecular weight excluding hydrogens is 428 g/mol. The summed E-state index contributed by atoms with van der Waals surface area (Å²) >= 11 is 0. The Bertz CT molecular complexity index is 603. The van der Waals surface area contributed by atoms with Crippen molar-refractivity contribution in [2.24, 2.45) is 5.92 Å². The van der Waals surface area contributed by atoms with E-state index < -0.39 is 0 Å². The average molecular weight is 479 g/mol. The molecule has 2 saturated heterocycles. The van der Waals surface area contributed by atoms with Crippen molar-refractivity contribution >= 4 is 17.8 Å². The molecule has 0 N–H and O–H groups in total. The summed E-state index contributed by atoms with van der Waals surface area (Å²) in [5.74, 6) is 0.00719. The molecule has 0 aromatic rings. The summed E-state index contributed by atoms with van der Waals surface area (Å²) < 4.78 is 4.72. The van der Waals surface area contributed by atoms with Crippen molar-refractivity contribution < 1.29 is 19.1 Å². The van der Waals surface area contributed by atoms with E-state index in [1.54, 1.807) is 0 Å². The van der Waals surface area contributed by atoms with Gasteiger partial charge in [-0.2, -0.15) is 0 Å². The maximum absolute atomic E-state index is 11.8. The molecule has 1 aliphatic carbocycles. The third-order valence-electron chi connectivity index (χ3n) is 7.66. The molecule has 0 bridgehead atoms. The van der Waals surface area contributed by atoms with E-state index >= 15 is 0 Å². The smallest absolute Gasteiger partial charge is 0.310 e. The number of rotatable bonds is 13. The minimum atomic E-state index is -0.251.